The van der Waals surface area contributed by atoms with Crippen molar-refractivity contribution in [3.63, 3.8) is 0 Å². The largest absolute Gasteiger partial charge is 0.482 e. The Balaban J connectivity index is 2.82. The van der Waals surface area contributed by atoms with E-state index >= 15 is 0 Å². The zero-order valence-corrected chi connectivity index (χ0v) is 12.8. The van der Waals surface area contributed by atoms with E-state index in [0.29, 0.717) is 5.75 Å². The van der Waals surface area contributed by atoms with Crippen LogP contribution in [0.25, 0.3) is 5.57 Å². The van der Waals surface area contributed by atoms with Gasteiger partial charge in [0.15, 0.2) is 6.61 Å². The quantitative estimate of drug-likeness (QED) is 0.817. The van der Waals surface area contributed by atoms with E-state index in [-0.39, 0.29) is 11.4 Å². The molecule has 1 rings (SSSR count). The first-order valence-electron chi connectivity index (χ1n) is 6.63. The highest BCUT2D eigenvalue weighted by molar-refractivity contribution is 5.95. The summed E-state index contributed by atoms with van der Waals surface area (Å²) in [5, 5.41) is 11.4. The maximum absolute atomic E-state index is 11.8. The number of amides is 1. The van der Waals surface area contributed by atoms with Gasteiger partial charge < -0.3 is 15.2 Å². The van der Waals surface area contributed by atoms with Crippen molar-refractivity contribution in [3.8, 4) is 5.75 Å². The van der Waals surface area contributed by atoms with Crippen molar-refractivity contribution in [2.45, 2.75) is 33.2 Å². The second kappa shape index (κ2) is 6.92. The Morgan fingerprint density at radius 3 is 2.57 bits per heavy atom. The van der Waals surface area contributed by atoms with Gasteiger partial charge in [0.2, 0.25) is 5.91 Å². The molecule has 0 unspecified atom stereocenters. The Kier molecular flexibility index (Phi) is 5.52. The van der Waals surface area contributed by atoms with Crippen LogP contribution in [-0.2, 0) is 9.59 Å². The number of carboxylic acid groups (broad SMARTS) is 1. The minimum Gasteiger partial charge on any atom is -0.482 e. The van der Waals surface area contributed by atoms with E-state index < -0.39 is 12.6 Å². The summed E-state index contributed by atoms with van der Waals surface area (Å²) < 4.78 is 5.12. The third kappa shape index (κ3) is 6.61. The molecule has 1 aromatic rings. The highest BCUT2D eigenvalue weighted by Crippen LogP contribution is 2.20. The zero-order chi connectivity index (χ0) is 16.0. The fraction of sp³-hybridized carbons (Fsp3) is 0.375. The van der Waals surface area contributed by atoms with E-state index in [2.05, 4.69) is 5.32 Å². The summed E-state index contributed by atoms with van der Waals surface area (Å²) in [5.41, 5.74) is 1.29. The molecular formula is C16H21NO4. The third-order valence-electron chi connectivity index (χ3n) is 2.50. The lowest BCUT2D eigenvalue weighted by Crippen LogP contribution is -2.39. The van der Waals surface area contributed by atoms with Gasteiger partial charge in [0.1, 0.15) is 5.75 Å². The first-order chi connectivity index (χ1) is 9.67. The number of carboxylic acids is 1. The minimum absolute atomic E-state index is 0.170. The predicted molar refractivity (Wildman–Crippen MR) is 81.1 cm³/mol. The fourth-order valence-electron chi connectivity index (χ4n) is 1.66. The Bertz CT molecular complexity index is 556. The number of nitrogens with one attached hydrogen (secondary N) is 1. The molecule has 0 aliphatic rings. The molecule has 0 aliphatic carbocycles. The maximum Gasteiger partial charge on any atom is 0.341 e. The van der Waals surface area contributed by atoms with Crippen molar-refractivity contribution in [2.24, 2.45) is 0 Å². The van der Waals surface area contributed by atoms with Crippen LogP contribution >= 0.6 is 0 Å². The van der Waals surface area contributed by atoms with Gasteiger partial charge in [-0.15, -0.1) is 0 Å². The number of carbonyl (C=O) groups excluding carboxylic acids is 1. The Labute approximate surface area is 124 Å². The van der Waals surface area contributed by atoms with Crippen molar-refractivity contribution in [1.29, 1.82) is 0 Å². The van der Waals surface area contributed by atoms with Gasteiger partial charge in [0.05, 0.1) is 0 Å². The maximum atomic E-state index is 11.8. The summed E-state index contributed by atoms with van der Waals surface area (Å²) in [6.07, 6.45) is 1.52. The van der Waals surface area contributed by atoms with E-state index in [1.165, 1.54) is 6.08 Å². The first-order valence-corrected chi connectivity index (χ1v) is 6.63. The van der Waals surface area contributed by atoms with Crippen LogP contribution in [0.3, 0.4) is 0 Å². The van der Waals surface area contributed by atoms with Gasteiger partial charge in [-0.3, -0.25) is 4.79 Å². The van der Waals surface area contributed by atoms with E-state index in [9.17, 15) is 9.59 Å². The lowest BCUT2D eigenvalue weighted by molar-refractivity contribution is -0.139. The van der Waals surface area contributed by atoms with E-state index in [1.54, 1.807) is 18.2 Å². The fourth-order valence-corrected chi connectivity index (χ4v) is 1.66. The monoisotopic (exact) mass is 291 g/mol. The molecular weight excluding hydrogens is 270 g/mol. The lowest BCUT2D eigenvalue weighted by atomic mass is 10.1. The van der Waals surface area contributed by atoms with Gasteiger partial charge in [-0.2, -0.15) is 0 Å². The average Bonchev–Trinajstić information content (AvgIpc) is 2.34. The van der Waals surface area contributed by atoms with Crippen LogP contribution < -0.4 is 10.1 Å². The highest BCUT2D eigenvalue weighted by Gasteiger charge is 2.12. The SMILES string of the molecule is C/C(=C/C(=O)NC(C)(C)C)c1cccc(OCC(=O)O)c1. The number of aliphatic carboxylic acids is 1. The van der Waals surface area contributed by atoms with Crippen LogP contribution in [0.2, 0.25) is 0 Å². The molecule has 0 bridgehead atoms. The van der Waals surface area contributed by atoms with Gasteiger partial charge in [-0.25, -0.2) is 4.79 Å². The minimum atomic E-state index is -1.03. The van der Waals surface area contributed by atoms with Crippen LogP contribution in [0.1, 0.15) is 33.3 Å². The van der Waals surface area contributed by atoms with Crippen LogP contribution in [0.15, 0.2) is 30.3 Å². The number of rotatable bonds is 5. The molecule has 0 aromatic heterocycles. The standard InChI is InChI=1S/C16H21NO4/c1-11(8-14(18)17-16(2,3)4)12-6-5-7-13(9-12)21-10-15(19)20/h5-9H,10H2,1-4H3,(H,17,18)(H,19,20)/b11-8-. The first kappa shape index (κ1) is 16.8. The van der Waals surface area contributed by atoms with Crippen molar-refractivity contribution >= 4 is 17.4 Å². The number of hydrogen-bond acceptors (Lipinski definition) is 3. The Morgan fingerprint density at radius 1 is 1.33 bits per heavy atom. The molecule has 21 heavy (non-hydrogen) atoms. The molecule has 0 radical (unpaired) electrons. The summed E-state index contributed by atoms with van der Waals surface area (Å²) in [4.78, 5) is 22.3. The molecule has 0 saturated carbocycles. The zero-order valence-electron chi connectivity index (χ0n) is 12.8. The molecule has 5 nitrogen and oxygen atoms in total. The summed E-state index contributed by atoms with van der Waals surface area (Å²) in [6.45, 7) is 7.16. The molecule has 5 heteroatoms. The van der Waals surface area contributed by atoms with Crippen LogP contribution in [0, 0.1) is 0 Å². The molecule has 0 heterocycles. The number of ether oxygens (including phenoxy) is 1. The van der Waals surface area contributed by atoms with E-state index in [4.69, 9.17) is 9.84 Å². The third-order valence-corrected chi connectivity index (χ3v) is 2.50. The van der Waals surface area contributed by atoms with Gasteiger partial charge in [-0.1, -0.05) is 12.1 Å². The molecule has 0 fully saturated rings. The van der Waals surface area contributed by atoms with E-state index in [1.807, 2.05) is 33.8 Å². The van der Waals surface area contributed by atoms with Crippen molar-refractivity contribution in [3.05, 3.63) is 35.9 Å². The topological polar surface area (TPSA) is 75.6 Å². The van der Waals surface area contributed by atoms with Crippen molar-refractivity contribution in [1.82, 2.24) is 5.32 Å². The number of allylic oxidation sites excluding steroid dienone is 1. The van der Waals surface area contributed by atoms with E-state index in [0.717, 1.165) is 11.1 Å². The predicted octanol–water partition coefficient (Wildman–Crippen LogP) is 2.47. The summed E-state index contributed by atoms with van der Waals surface area (Å²) >= 11 is 0. The molecule has 2 N–H and O–H groups in total. The summed E-state index contributed by atoms with van der Waals surface area (Å²) in [7, 11) is 0. The molecule has 0 aliphatic heterocycles. The lowest BCUT2D eigenvalue weighted by Gasteiger charge is -2.19. The number of carbonyl (C=O) groups is 2. The molecule has 114 valence electrons. The molecule has 0 saturated heterocycles. The summed E-state index contributed by atoms with van der Waals surface area (Å²) in [5.74, 6) is -0.743. The molecule has 0 spiro atoms. The Morgan fingerprint density at radius 2 is 2.00 bits per heavy atom. The molecule has 1 amide bonds. The van der Waals surface area contributed by atoms with Gasteiger partial charge in [0.25, 0.3) is 0 Å². The summed E-state index contributed by atoms with van der Waals surface area (Å²) in [6, 6.07) is 6.98. The second-order valence-corrected chi connectivity index (χ2v) is 5.78. The Hall–Kier alpha value is -2.30. The average molecular weight is 291 g/mol. The van der Waals surface area contributed by atoms with Gasteiger partial charge in [0, 0.05) is 11.6 Å². The van der Waals surface area contributed by atoms with Crippen molar-refractivity contribution in [2.75, 3.05) is 6.61 Å². The smallest absolute Gasteiger partial charge is 0.341 e. The number of hydrogen-bond donors (Lipinski definition) is 2. The normalized spacial score (nSPS) is 11.9. The molecule has 0 atom stereocenters. The highest BCUT2D eigenvalue weighted by atomic mass is 16.5. The van der Waals surface area contributed by atoms with Crippen LogP contribution in [-0.4, -0.2) is 29.1 Å². The van der Waals surface area contributed by atoms with Crippen LogP contribution in [0.4, 0.5) is 0 Å². The van der Waals surface area contributed by atoms with Crippen molar-refractivity contribution < 1.29 is 19.4 Å². The van der Waals surface area contributed by atoms with Gasteiger partial charge in [-0.05, 0) is 51.0 Å². The van der Waals surface area contributed by atoms with Crippen LogP contribution in [0.5, 0.6) is 5.75 Å². The molecule has 1 aromatic carbocycles. The van der Waals surface area contributed by atoms with Gasteiger partial charge >= 0.3 is 5.97 Å². The number of benzene rings is 1. The second-order valence-electron chi connectivity index (χ2n) is 5.78.